The molecule has 21 heavy (non-hydrogen) atoms. The van der Waals surface area contributed by atoms with Gasteiger partial charge in [-0.25, -0.2) is 0 Å². The molecule has 1 fully saturated rings. The van der Waals surface area contributed by atoms with E-state index in [1.807, 2.05) is 18.7 Å². The van der Waals surface area contributed by atoms with Crippen molar-refractivity contribution in [3.63, 3.8) is 0 Å². The predicted octanol–water partition coefficient (Wildman–Crippen LogP) is 1.13. The Labute approximate surface area is 124 Å². The standard InChI is InChI=1S/C14H22N6O/c1-4-12(20-7-5-15-6-8-20)13-17-14(21-18-13)11-9-16-19(3)10(11)2/h9,12,15H,4-8H2,1-3H3. The number of hydrogen-bond donors (Lipinski definition) is 1. The highest BCUT2D eigenvalue weighted by Crippen LogP contribution is 2.26. The van der Waals surface area contributed by atoms with Gasteiger partial charge in [0.25, 0.3) is 5.89 Å². The average Bonchev–Trinajstić information content (AvgIpc) is 3.10. The Hall–Kier alpha value is -1.73. The van der Waals surface area contributed by atoms with Gasteiger partial charge in [0.2, 0.25) is 0 Å². The van der Waals surface area contributed by atoms with Crippen molar-refractivity contribution >= 4 is 0 Å². The van der Waals surface area contributed by atoms with Gasteiger partial charge in [-0.1, -0.05) is 12.1 Å². The van der Waals surface area contributed by atoms with Crippen LogP contribution in [0.3, 0.4) is 0 Å². The van der Waals surface area contributed by atoms with E-state index in [0.29, 0.717) is 5.89 Å². The molecule has 1 aliphatic rings. The summed E-state index contributed by atoms with van der Waals surface area (Å²) in [7, 11) is 1.91. The summed E-state index contributed by atoms with van der Waals surface area (Å²) in [6, 6.07) is 0.224. The molecular weight excluding hydrogens is 268 g/mol. The van der Waals surface area contributed by atoms with Crippen LogP contribution < -0.4 is 5.32 Å². The Bertz CT molecular complexity index is 598. The summed E-state index contributed by atoms with van der Waals surface area (Å²) in [6.45, 7) is 8.24. The number of nitrogens with one attached hydrogen (secondary N) is 1. The molecule has 3 heterocycles. The molecule has 0 amide bonds. The first-order valence-electron chi connectivity index (χ1n) is 7.48. The van der Waals surface area contributed by atoms with Crippen molar-refractivity contribution in [3.05, 3.63) is 17.7 Å². The topological polar surface area (TPSA) is 72.0 Å². The Morgan fingerprint density at radius 1 is 1.38 bits per heavy atom. The quantitative estimate of drug-likeness (QED) is 0.910. The molecule has 0 aliphatic carbocycles. The third-order valence-corrected chi connectivity index (χ3v) is 4.18. The van der Waals surface area contributed by atoms with Crippen LogP contribution in [-0.4, -0.2) is 51.0 Å². The molecule has 0 saturated carbocycles. The molecule has 114 valence electrons. The third-order valence-electron chi connectivity index (χ3n) is 4.18. The number of rotatable bonds is 4. The van der Waals surface area contributed by atoms with Crippen molar-refractivity contribution in [2.24, 2.45) is 7.05 Å². The fourth-order valence-corrected chi connectivity index (χ4v) is 2.79. The van der Waals surface area contributed by atoms with Crippen LogP contribution >= 0.6 is 0 Å². The van der Waals surface area contributed by atoms with Crippen LogP contribution in [0.4, 0.5) is 0 Å². The lowest BCUT2D eigenvalue weighted by Gasteiger charge is -2.32. The largest absolute Gasteiger partial charge is 0.334 e. The van der Waals surface area contributed by atoms with E-state index in [9.17, 15) is 0 Å². The lowest BCUT2D eigenvalue weighted by atomic mass is 10.1. The van der Waals surface area contributed by atoms with Gasteiger partial charge in [0.05, 0.1) is 17.8 Å². The van der Waals surface area contributed by atoms with Crippen LogP contribution in [0.25, 0.3) is 11.5 Å². The minimum Gasteiger partial charge on any atom is -0.334 e. The van der Waals surface area contributed by atoms with Crippen LogP contribution in [0.5, 0.6) is 0 Å². The fourth-order valence-electron chi connectivity index (χ4n) is 2.79. The molecule has 2 aromatic heterocycles. The van der Waals surface area contributed by atoms with Gasteiger partial charge in [-0.2, -0.15) is 10.1 Å². The first kappa shape index (κ1) is 14.2. The van der Waals surface area contributed by atoms with E-state index in [2.05, 4.69) is 32.4 Å². The van der Waals surface area contributed by atoms with Crippen LogP contribution in [0.2, 0.25) is 0 Å². The molecule has 0 radical (unpaired) electrons. The van der Waals surface area contributed by atoms with E-state index in [-0.39, 0.29) is 6.04 Å². The van der Waals surface area contributed by atoms with E-state index >= 15 is 0 Å². The number of aromatic nitrogens is 4. The fraction of sp³-hybridized carbons (Fsp3) is 0.643. The van der Waals surface area contributed by atoms with Gasteiger partial charge in [-0.15, -0.1) is 0 Å². The second-order valence-corrected chi connectivity index (χ2v) is 5.44. The Morgan fingerprint density at radius 3 is 2.76 bits per heavy atom. The highest BCUT2D eigenvalue weighted by Gasteiger charge is 2.25. The van der Waals surface area contributed by atoms with E-state index in [4.69, 9.17) is 4.52 Å². The second-order valence-electron chi connectivity index (χ2n) is 5.44. The molecule has 7 heteroatoms. The predicted molar refractivity (Wildman–Crippen MR) is 78.7 cm³/mol. The first-order chi connectivity index (χ1) is 10.2. The summed E-state index contributed by atoms with van der Waals surface area (Å²) in [5, 5.41) is 11.8. The minimum atomic E-state index is 0.224. The monoisotopic (exact) mass is 290 g/mol. The molecule has 1 saturated heterocycles. The summed E-state index contributed by atoms with van der Waals surface area (Å²) >= 11 is 0. The van der Waals surface area contributed by atoms with Gasteiger partial charge in [0.1, 0.15) is 0 Å². The number of hydrogen-bond acceptors (Lipinski definition) is 6. The van der Waals surface area contributed by atoms with Gasteiger partial charge in [-0.05, 0) is 13.3 Å². The maximum Gasteiger partial charge on any atom is 0.261 e. The molecule has 1 aliphatic heterocycles. The van der Waals surface area contributed by atoms with Crippen molar-refractivity contribution in [1.29, 1.82) is 0 Å². The molecule has 1 atom stereocenters. The Kier molecular flexibility index (Phi) is 4.03. The molecular formula is C14H22N6O. The summed E-state index contributed by atoms with van der Waals surface area (Å²) in [4.78, 5) is 7.03. The van der Waals surface area contributed by atoms with Crippen molar-refractivity contribution in [2.75, 3.05) is 26.2 Å². The SMILES string of the molecule is CCC(c1noc(-c2cnn(C)c2C)n1)N1CCNCC1. The Balaban J connectivity index is 1.84. The number of piperazine rings is 1. The molecule has 0 bridgehead atoms. The first-order valence-corrected chi connectivity index (χ1v) is 7.48. The lowest BCUT2D eigenvalue weighted by Crippen LogP contribution is -2.45. The summed E-state index contributed by atoms with van der Waals surface area (Å²) < 4.78 is 7.27. The van der Waals surface area contributed by atoms with E-state index in [0.717, 1.165) is 49.7 Å². The zero-order valence-electron chi connectivity index (χ0n) is 12.8. The second kappa shape index (κ2) is 5.95. The smallest absolute Gasteiger partial charge is 0.261 e. The van der Waals surface area contributed by atoms with Gasteiger partial charge in [-0.3, -0.25) is 9.58 Å². The van der Waals surface area contributed by atoms with Crippen molar-refractivity contribution in [3.8, 4) is 11.5 Å². The van der Waals surface area contributed by atoms with Gasteiger partial charge in [0, 0.05) is 38.9 Å². The molecule has 2 aromatic rings. The molecule has 1 N–H and O–H groups in total. The van der Waals surface area contributed by atoms with Crippen molar-refractivity contribution < 1.29 is 4.52 Å². The molecule has 3 rings (SSSR count). The molecule has 7 nitrogen and oxygen atoms in total. The molecule has 1 unspecified atom stereocenters. The van der Waals surface area contributed by atoms with Crippen LogP contribution in [-0.2, 0) is 7.05 Å². The molecule has 0 aromatic carbocycles. The van der Waals surface area contributed by atoms with Crippen molar-refractivity contribution in [1.82, 2.24) is 30.1 Å². The maximum absolute atomic E-state index is 5.46. The van der Waals surface area contributed by atoms with E-state index in [1.54, 1.807) is 6.20 Å². The van der Waals surface area contributed by atoms with Gasteiger partial charge in [0.15, 0.2) is 5.82 Å². The normalized spacial score (nSPS) is 18.0. The zero-order valence-corrected chi connectivity index (χ0v) is 12.8. The molecule has 0 spiro atoms. The van der Waals surface area contributed by atoms with Crippen LogP contribution in [0.15, 0.2) is 10.7 Å². The maximum atomic E-state index is 5.46. The lowest BCUT2D eigenvalue weighted by molar-refractivity contribution is 0.160. The zero-order chi connectivity index (χ0) is 14.8. The Morgan fingerprint density at radius 2 is 2.14 bits per heavy atom. The summed E-state index contributed by atoms with van der Waals surface area (Å²) in [6.07, 6.45) is 2.75. The third kappa shape index (κ3) is 2.71. The van der Waals surface area contributed by atoms with Crippen LogP contribution in [0.1, 0.15) is 30.9 Å². The highest BCUT2D eigenvalue weighted by atomic mass is 16.5. The van der Waals surface area contributed by atoms with E-state index in [1.165, 1.54) is 0 Å². The average molecular weight is 290 g/mol. The number of aryl methyl sites for hydroxylation is 1. The van der Waals surface area contributed by atoms with E-state index < -0.39 is 0 Å². The highest BCUT2D eigenvalue weighted by molar-refractivity contribution is 5.54. The number of nitrogens with zero attached hydrogens (tertiary/aromatic N) is 5. The summed E-state index contributed by atoms with van der Waals surface area (Å²) in [5.41, 5.74) is 1.94. The van der Waals surface area contributed by atoms with Crippen LogP contribution in [0, 0.1) is 6.92 Å². The minimum absolute atomic E-state index is 0.224. The summed E-state index contributed by atoms with van der Waals surface area (Å²) in [5.74, 6) is 1.34. The van der Waals surface area contributed by atoms with Gasteiger partial charge >= 0.3 is 0 Å². The van der Waals surface area contributed by atoms with Crippen molar-refractivity contribution in [2.45, 2.75) is 26.3 Å². The van der Waals surface area contributed by atoms with Gasteiger partial charge < -0.3 is 9.84 Å².